The summed E-state index contributed by atoms with van der Waals surface area (Å²) in [4.78, 5) is 39.5. The van der Waals surface area contributed by atoms with Crippen molar-refractivity contribution < 1.29 is 19.1 Å². The number of aromatic nitrogens is 2. The number of allylic oxidation sites excluding steroid dienone is 3. The minimum Gasteiger partial charge on any atom is -0.465 e. The van der Waals surface area contributed by atoms with Crippen LogP contribution in [0.15, 0.2) is 81.6 Å². The monoisotopic (exact) mass is 600 g/mol. The molecule has 1 unspecified atom stereocenters. The van der Waals surface area contributed by atoms with Crippen LogP contribution in [-0.2, 0) is 14.3 Å². The summed E-state index contributed by atoms with van der Waals surface area (Å²) in [7, 11) is 1.30. The highest BCUT2D eigenvalue weighted by Gasteiger charge is 2.45. The van der Waals surface area contributed by atoms with Crippen LogP contribution in [0.4, 0.5) is 10.8 Å². The van der Waals surface area contributed by atoms with Gasteiger partial charge in [0.1, 0.15) is 5.82 Å². The number of nitrogens with one attached hydrogen (secondary N) is 1. The van der Waals surface area contributed by atoms with Crippen LogP contribution in [0.2, 0.25) is 0 Å². The van der Waals surface area contributed by atoms with E-state index in [0.717, 1.165) is 11.3 Å². The summed E-state index contributed by atoms with van der Waals surface area (Å²) in [6.07, 6.45) is 0.926. The number of methoxy groups -OCH3 is 1. The number of rotatable bonds is 7. The molecule has 3 aromatic rings. The molecule has 12 heteroatoms. The van der Waals surface area contributed by atoms with E-state index in [9.17, 15) is 19.6 Å². The predicted molar refractivity (Wildman–Crippen MR) is 161 cm³/mol. The number of ketones is 1. The van der Waals surface area contributed by atoms with E-state index in [0.29, 0.717) is 39.1 Å². The molecule has 2 aliphatic rings. The molecule has 1 atom stereocenters. The van der Waals surface area contributed by atoms with Crippen molar-refractivity contribution in [3.8, 4) is 6.07 Å². The van der Waals surface area contributed by atoms with Crippen LogP contribution in [0.25, 0.3) is 0 Å². The number of nitrogens with zero attached hydrogens (tertiary/aromatic N) is 4. The molecule has 3 N–H and O–H groups in total. The van der Waals surface area contributed by atoms with E-state index in [2.05, 4.69) is 26.3 Å². The van der Waals surface area contributed by atoms with Gasteiger partial charge in [-0.25, -0.2) is 4.79 Å². The summed E-state index contributed by atoms with van der Waals surface area (Å²) in [5.74, 6) is -1.01. The third-order valence-electron chi connectivity index (χ3n) is 7.02. The Balaban J connectivity index is 1.39. The van der Waals surface area contributed by atoms with Crippen LogP contribution < -0.4 is 16.0 Å². The number of carbonyl (C=O) groups is 3. The van der Waals surface area contributed by atoms with Crippen LogP contribution >= 0.6 is 23.1 Å². The molecule has 0 fully saturated rings. The number of amides is 1. The largest absolute Gasteiger partial charge is 0.465 e. The molecule has 1 aliphatic carbocycles. The van der Waals surface area contributed by atoms with Crippen molar-refractivity contribution in [1.82, 2.24) is 10.2 Å². The zero-order chi connectivity index (χ0) is 30.0. The van der Waals surface area contributed by atoms with Gasteiger partial charge in [-0.15, -0.1) is 10.2 Å². The summed E-state index contributed by atoms with van der Waals surface area (Å²) in [5, 5.41) is 22.0. The molecule has 0 saturated carbocycles. The van der Waals surface area contributed by atoms with Crippen molar-refractivity contribution >= 4 is 51.6 Å². The number of hydrogen-bond acceptors (Lipinski definition) is 11. The topological polar surface area (TPSA) is 151 Å². The maximum atomic E-state index is 13.6. The van der Waals surface area contributed by atoms with Crippen molar-refractivity contribution in [2.24, 2.45) is 11.1 Å². The Labute approximate surface area is 251 Å². The summed E-state index contributed by atoms with van der Waals surface area (Å²) in [6.45, 7) is 4.07. The molecule has 0 bridgehead atoms. The van der Waals surface area contributed by atoms with Gasteiger partial charge in [0.15, 0.2) is 10.1 Å². The highest BCUT2D eigenvalue weighted by molar-refractivity contribution is 8.01. The van der Waals surface area contributed by atoms with Gasteiger partial charge in [-0.05, 0) is 41.7 Å². The van der Waals surface area contributed by atoms with Gasteiger partial charge in [0.2, 0.25) is 11.0 Å². The Bertz CT molecular complexity index is 1650. The number of anilines is 2. The van der Waals surface area contributed by atoms with Crippen LogP contribution in [0.1, 0.15) is 48.5 Å². The molecule has 0 spiro atoms. The summed E-state index contributed by atoms with van der Waals surface area (Å²) in [6, 6.07) is 18.1. The quantitative estimate of drug-likeness (QED) is 0.280. The molecule has 2 aromatic carbocycles. The van der Waals surface area contributed by atoms with Crippen molar-refractivity contribution in [1.29, 1.82) is 5.26 Å². The average Bonchev–Trinajstić information content (AvgIpc) is 3.43. The van der Waals surface area contributed by atoms with E-state index in [1.165, 1.54) is 30.2 Å². The van der Waals surface area contributed by atoms with Crippen molar-refractivity contribution in [2.45, 2.75) is 36.9 Å². The number of nitriles is 1. The smallest absolute Gasteiger partial charge is 0.337 e. The van der Waals surface area contributed by atoms with Gasteiger partial charge < -0.3 is 15.8 Å². The number of hydrogen-bond donors (Lipinski definition) is 2. The number of Topliss-reactive ketones (excluding diaryl/α,β-unsaturated/α-hetero) is 1. The van der Waals surface area contributed by atoms with Gasteiger partial charge in [0.25, 0.3) is 0 Å². The highest BCUT2D eigenvalue weighted by atomic mass is 32.2. The maximum absolute atomic E-state index is 13.6. The molecule has 0 radical (unpaired) electrons. The van der Waals surface area contributed by atoms with Gasteiger partial charge in [0.05, 0.1) is 36.0 Å². The van der Waals surface area contributed by atoms with Gasteiger partial charge in [0, 0.05) is 23.4 Å². The maximum Gasteiger partial charge on any atom is 0.337 e. The lowest BCUT2D eigenvalue weighted by Gasteiger charge is -2.42. The van der Waals surface area contributed by atoms with Crippen LogP contribution in [-0.4, -0.2) is 40.7 Å². The Morgan fingerprint density at radius 3 is 2.55 bits per heavy atom. The number of carbonyl (C=O) groups excluding carboxylic acids is 3. The fraction of sp³-hybridized carbons (Fsp3) is 0.267. The van der Waals surface area contributed by atoms with Gasteiger partial charge in [-0.1, -0.05) is 67.3 Å². The van der Waals surface area contributed by atoms with E-state index in [1.807, 2.05) is 44.2 Å². The van der Waals surface area contributed by atoms with E-state index in [4.69, 9.17) is 5.73 Å². The molecule has 5 rings (SSSR count). The molecule has 1 aromatic heterocycles. The number of esters is 1. The second-order valence-electron chi connectivity index (χ2n) is 10.6. The van der Waals surface area contributed by atoms with E-state index >= 15 is 0 Å². The molecule has 42 heavy (non-hydrogen) atoms. The lowest BCUT2D eigenvalue weighted by atomic mass is 9.69. The Kier molecular flexibility index (Phi) is 8.15. The minimum atomic E-state index is -0.557. The lowest BCUT2D eigenvalue weighted by molar-refractivity contribution is -0.118. The SMILES string of the molecule is COC(=O)c1ccc(NC(=O)CSc2nnc(N3C(N)=C(C#N)C(c4ccccc4)C4=C3CC(C)(C)CC4=O)s2)cc1. The van der Waals surface area contributed by atoms with Gasteiger partial charge in [-0.2, -0.15) is 5.26 Å². The van der Waals surface area contributed by atoms with Crippen molar-refractivity contribution in [3.05, 3.63) is 88.4 Å². The van der Waals surface area contributed by atoms with Crippen molar-refractivity contribution in [2.75, 3.05) is 23.1 Å². The molecular weight excluding hydrogens is 573 g/mol. The Morgan fingerprint density at radius 1 is 1.17 bits per heavy atom. The number of benzene rings is 2. The normalized spacial score (nSPS) is 17.9. The first-order valence-corrected chi connectivity index (χ1v) is 14.9. The first-order valence-electron chi connectivity index (χ1n) is 13.1. The van der Waals surface area contributed by atoms with Crippen LogP contribution in [0, 0.1) is 16.7 Å². The molecular formula is C30H28N6O4S2. The molecule has 214 valence electrons. The standard InChI is InChI=1S/C30H28N6O4S2/c1-30(2)13-21-25(22(37)14-30)24(17-7-5-4-6-8-17)20(15-31)26(32)36(21)28-34-35-29(42-28)41-16-23(38)33-19-11-9-18(10-12-19)27(39)40-3/h4-12,24H,13-14,16,32H2,1-3H3,(H,33,38). The fourth-order valence-electron chi connectivity index (χ4n) is 5.19. The third kappa shape index (κ3) is 5.79. The Hall–Kier alpha value is -4.47. The second-order valence-corrected chi connectivity index (χ2v) is 12.8. The third-order valence-corrected chi connectivity index (χ3v) is 9.06. The summed E-state index contributed by atoms with van der Waals surface area (Å²) >= 11 is 2.44. The first kappa shape index (κ1) is 29.0. The van der Waals surface area contributed by atoms with E-state index in [1.54, 1.807) is 29.2 Å². The van der Waals surface area contributed by atoms with E-state index in [-0.39, 0.29) is 34.3 Å². The van der Waals surface area contributed by atoms with Gasteiger partial charge in [-0.3, -0.25) is 14.5 Å². The second kappa shape index (κ2) is 11.8. The summed E-state index contributed by atoms with van der Waals surface area (Å²) in [5.41, 5.74) is 9.68. The fourth-order valence-corrected chi connectivity index (χ4v) is 6.87. The lowest BCUT2D eigenvalue weighted by Crippen LogP contribution is -2.42. The summed E-state index contributed by atoms with van der Waals surface area (Å²) < 4.78 is 5.22. The van der Waals surface area contributed by atoms with E-state index < -0.39 is 11.9 Å². The molecule has 1 aliphatic heterocycles. The minimum absolute atomic E-state index is 0.0178. The van der Waals surface area contributed by atoms with Crippen LogP contribution in [0.5, 0.6) is 0 Å². The average molecular weight is 601 g/mol. The molecule has 0 saturated heterocycles. The zero-order valence-corrected chi connectivity index (χ0v) is 24.8. The molecule has 1 amide bonds. The zero-order valence-electron chi connectivity index (χ0n) is 23.2. The number of nitrogens with two attached hydrogens (primary N) is 1. The number of thioether (sulfide) groups is 1. The molecule has 2 heterocycles. The van der Waals surface area contributed by atoms with Gasteiger partial charge >= 0.3 is 5.97 Å². The Morgan fingerprint density at radius 2 is 1.88 bits per heavy atom. The first-order chi connectivity index (χ1) is 20.1. The predicted octanol–water partition coefficient (Wildman–Crippen LogP) is 5.00. The molecule has 10 nitrogen and oxygen atoms in total. The highest BCUT2D eigenvalue weighted by Crippen LogP contribution is 2.50. The van der Waals surface area contributed by atoms with Crippen molar-refractivity contribution in [3.63, 3.8) is 0 Å². The van der Waals surface area contributed by atoms with Crippen LogP contribution in [0.3, 0.4) is 0 Å². The number of ether oxygens (including phenoxy) is 1.